The van der Waals surface area contributed by atoms with Crippen molar-refractivity contribution in [2.75, 3.05) is 31.0 Å². The lowest BCUT2D eigenvalue weighted by Crippen LogP contribution is -2.43. The zero-order chi connectivity index (χ0) is 17.3. The van der Waals surface area contributed by atoms with Crippen molar-refractivity contribution in [1.29, 1.82) is 0 Å². The molecule has 0 radical (unpaired) electrons. The number of hydrogen-bond acceptors (Lipinski definition) is 5. The van der Waals surface area contributed by atoms with Crippen LogP contribution in [0, 0.1) is 0 Å². The molecule has 3 rings (SSSR count). The van der Waals surface area contributed by atoms with Crippen LogP contribution >= 0.6 is 11.6 Å². The summed E-state index contributed by atoms with van der Waals surface area (Å²) >= 11 is 5.95. The molecule has 0 amide bonds. The molecular formula is C17H22ClN5O. The lowest BCUT2D eigenvalue weighted by Gasteiger charge is -2.26. The van der Waals surface area contributed by atoms with Gasteiger partial charge < -0.3 is 15.6 Å². The van der Waals surface area contributed by atoms with Crippen LogP contribution in [0.5, 0.6) is 0 Å². The summed E-state index contributed by atoms with van der Waals surface area (Å²) in [7, 11) is 3.67. The summed E-state index contributed by atoms with van der Waals surface area (Å²) in [6, 6.07) is 7.67. The molecule has 128 valence electrons. The average molecular weight is 348 g/mol. The SMILES string of the molecule is C[C@H](Nc1nc2c(c(=O)n1N(C)C)CNCC2)c1ccc(Cl)cc1. The maximum Gasteiger partial charge on any atom is 0.278 e. The van der Waals surface area contributed by atoms with E-state index in [1.165, 1.54) is 0 Å². The molecule has 2 heterocycles. The first-order valence-electron chi connectivity index (χ1n) is 8.02. The van der Waals surface area contributed by atoms with Gasteiger partial charge in [-0.1, -0.05) is 23.7 Å². The number of rotatable bonds is 4. The molecule has 1 aromatic heterocycles. The Hall–Kier alpha value is -2.05. The van der Waals surface area contributed by atoms with Gasteiger partial charge in [0.1, 0.15) is 0 Å². The van der Waals surface area contributed by atoms with Crippen molar-refractivity contribution >= 4 is 17.5 Å². The van der Waals surface area contributed by atoms with Gasteiger partial charge >= 0.3 is 0 Å². The topological polar surface area (TPSA) is 62.2 Å². The number of nitrogens with zero attached hydrogens (tertiary/aromatic N) is 3. The van der Waals surface area contributed by atoms with Gasteiger partial charge in [-0.15, -0.1) is 0 Å². The Bertz CT molecular complexity index is 785. The van der Waals surface area contributed by atoms with E-state index in [2.05, 4.69) is 10.6 Å². The van der Waals surface area contributed by atoms with Crippen molar-refractivity contribution in [3.05, 3.63) is 56.5 Å². The molecule has 7 heteroatoms. The Kier molecular flexibility index (Phi) is 4.78. The zero-order valence-corrected chi connectivity index (χ0v) is 14.9. The van der Waals surface area contributed by atoms with E-state index in [9.17, 15) is 4.79 Å². The van der Waals surface area contributed by atoms with Crippen molar-refractivity contribution in [3.8, 4) is 0 Å². The highest BCUT2D eigenvalue weighted by Crippen LogP contribution is 2.20. The first-order valence-corrected chi connectivity index (χ1v) is 8.40. The second-order valence-electron chi connectivity index (χ2n) is 6.17. The van der Waals surface area contributed by atoms with Crippen LogP contribution in [0.1, 0.15) is 29.8 Å². The Labute approximate surface area is 146 Å². The van der Waals surface area contributed by atoms with Gasteiger partial charge in [-0.2, -0.15) is 4.68 Å². The van der Waals surface area contributed by atoms with Gasteiger partial charge in [0.25, 0.3) is 5.56 Å². The molecule has 1 aliphatic rings. The molecule has 0 bridgehead atoms. The molecule has 1 aromatic carbocycles. The minimum absolute atomic E-state index is 0.000122. The van der Waals surface area contributed by atoms with Crippen molar-refractivity contribution < 1.29 is 0 Å². The quantitative estimate of drug-likeness (QED) is 0.884. The highest BCUT2D eigenvalue weighted by molar-refractivity contribution is 6.30. The molecule has 2 aromatic rings. The fraction of sp³-hybridized carbons (Fsp3) is 0.412. The van der Waals surface area contributed by atoms with Crippen LogP contribution in [0.15, 0.2) is 29.1 Å². The second-order valence-corrected chi connectivity index (χ2v) is 6.61. The molecule has 0 saturated heterocycles. The van der Waals surface area contributed by atoms with Crippen LogP contribution < -0.4 is 21.2 Å². The number of benzene rings is 1. The number of hydrogen-bond donors (Lipinski definition) is 2. The van der Waals surface area contributed by atoms with Crippen LogP contribution in [0.3, 0.4) is 0 Å². The molecular weight excluding hydrogens is 326 g/mol. The summed E-state index contributed by atoms with van der Waals surface area (Å²) in [5.74, 6) is 0.563. The van der Waals surface area contributed by atoms with E-state index in [0.717, 1.165) is 29.8 Å². The standard InChI is InChI=1S/C17H22ClN5O/c1-11(12-4-6-13(18)7-5-12)20-17-21-15-8-9-19-10-14(15)16(24)23(17)22(2)3/h4-7,11,19H,8-10H2,1-3H3,(H,20,21)/t11-/m0/s1. The van der Waals surface area contributed by atoms with Crippen LogP contribution in [0.4, 0.5) is 5.95 Å². The number of anilines is 1. The normalized spacial score (nSPS) is 14.8. The van der Waals surface area contributed by atoms with Gasteiger partial charge in [0, 0.05) is 38.6 Å². The highest BCUT2D eigenvalue weighted by Gasteiger charge is 2.21. The third-order valence-corrected chi connectivity index (χ3v) is 4.45. The maximum absolute atomic E-state index is 12.8. The van der Waals surface area contributed by atoms with Crippen LogP contribution in [-0.2, 0) is 13.0 Å². The monoisotopic (exact) mass is 347 g/mol. The first kappa shape index (κ1) is 16.8. The second kappa shape index (κ2) is 6.83. The van der Waals surface area contributed by atoms with E-state index in [1.807, 2.05) is 45.3 Å². The number of fused-ring (bicyclic) bond motifs is 1. The molecule has 0 aliphatic carbocycles. The third-order valence-electron chi connectivity index (χ3n) is 4.20. The molecule has 0 spiro atoms. The highest BCUT2D eigenvalue weighted by atomic mass is 35.5. The summed E-state index contributed by atoms with van der Waals surface area (Å²) in [5, 5.41) is 9.06. The zero-order valence-electron chi connectivity index (χ0n) is 14.1. The summed E-state index contributed by atoms with van der Waals surface area (Å²) in [6.07, 6.45) is 0.767. The molecule has 1 atom stereocenters. The van der Waals surface area contributed by atoms with E-state index in [-0.39, 0.29) is 11.6 Å². The molecule has 0 saturated carbocycles. The van der Waals surface area contributed by atoms with Crippen molar-refractivity contribution in [1.82, 2.24) is 15.0 Å². The molecule has 1 aliphatic heterocycles. The molecule has 0 fully saturated rings. The number of halogens is 1. The lowest BCUT2D eigenvalue weighted by molar-refractivity contribution is 0.588. The predicted molar refractivity (Wildman–Crippen MR) is 97.5 cm³/mol. The summed E-state index contributed by atoms with van der Waals surface area (Å²) < 4.78 is 1.58. The van der Waals surface area contributed by atoms with Crippen molar-refractivity contribution in [3.63, 3.8) is 0 Å². The first-order chi connectivity index (χ1) is 11.5. The summed E-state index contributed by atoms with van der Waals surface area (Å²) in [4.78, 5) is 17.5. The molecule has 24 heavy (non-hydrogen) atoms. The average Bonchev–Trinajstić information content (AvgIpc) is 2.55. The smallest absolute Gasteiger partial charge is 0.278 e. The van der Waals surface area contributed by atoms with Crippen molar-refractivity contribution in [2.24, 2.45) is 0 Å². The fourth-order valence-corrected chi connectivity index (χ4v) is 3.01. The number of nitrogens with one attached hydrogen (secondary N) is 2. The largest absolute Gasteiger partial charge is 0.348 e. The Morgan fingerprint density at radius 3 is 2.71 bits per heavy atom. The lowest BCUT2D eigenvalue weighted by atomic mass is 10.1. The molecule has 0 unspecified atom stereocenters. The Morgan fingerprint density at radius 2 is 2.04 bits per heavy atom. The van der Waals surface area contributed by atoms with E-state index >= 15 is 0 Å². The molecule has 6 nitrogen and oxygen atoms in total. The van der Waals surface area contributed by atoms with Crippen LogP contribution in [0.2, 0.25) is 5.02 Å². The summed E-state index contributed by atoms with van der Waals surface area (Å²) in [5.41, 5.74) is 2.68. The number of aromatic nitrogens is 2. The maximum atomic E-state index is 12.8. The van der Waals surface area contributed by atoms with Gasteiger partial charge in [-0.3, -0.25) is 4.79 Å². The minimum atomic E-state index is -0.0250. The van der Waals surface area contributed by atoms with Crippen LogP contribution in [-0.4, -0.2) is 30.3 Å². The fourth-order valence-electron chi connectivity index (χ4n) is 2.89. The Morgan fingerprint density at radius 1 is 1.33 bits per heavy atom. The minimum Gasteiger partial charge on any atom is -0.348 e. The van der Waals surface area contributed by atoms with Gasteiger partial charge in [-0.25, -0.2) is 4.98 Å². The summed E-state index contributed by atoms with van der Waals surface area (Å²) in [6.45, 7) is 3.45. The van der Waals surface area contributed by atoms with Gasteiger partial charge in [0.05, 0.1) is 17.3 Å². The third kappa shape index (κ3) is 3.25. The molecule has 2 N–H and O–H groups in total. The van der Waals surface area contributed by atoms with Gasteiger partial charge in [-0.05, 0) is 24.6 Å². The van der Waals surface area contributed by atoms with E-state index in [1.54, 1.807) is 9.69 Å². The van der Waals surface area contributed by atoms with Gasteiger partial charge in [0.2, 0.25) is 5.95 Å². The van der Waals surface area contributed by atoms with E-state index < -0.39 is 0 Å². The van der Waals surface area contributed by atoms with E-state index in [4.69, 9.17) is 16.6 Å². The van der Waals surface area contributed by atoms with Crippen LogP contribution in [0.25, 0.3) is 0 Å². The Balaban J connectivity index is 1.98. The van der Waals surface area contributed by atoms with E-state index in [0.29, 0.717) is 17.5 Å². The predicted octanol–water partition coefficient (Wildman–Crippen LogP) is 1.91. The van der Waals surface area contributed by atoms with Gasteiger partial charge in [0.15, 0.2) is 0 Å². The van der Waals surface area contributed by atoms with Crippen molar-refractivity contribution in [2.45, 2.75) is 25.9 Å².